The van der Waals surface area contributed by atoms with Gasteiger partial charge in [-0.1, -0.05) is 0 Å². The van der Waals surface area contributed by atoms with Crippen molar-refractivity contribution in [2.24, 2.45) is 0 Å². The molecule has 0 radical (unpaired) electrons. The first-order valence-electron chi connectivity index (χ1n) is 7.47. The van der Waals surface area contributed by atoms with Crippen LogP contribution in [0.25, 0.3) is 11.0 Å². The van der Waals surface area contributed by atoms with Gasteiger partial charge in [0.25, 0.3) is 0 Å². The van der Waals surface area contributed by atoms with E-state index >= 15 is 0 Å². The molecule has 2 rings (SSSR count). The zero-order valence-electron chi connectivity index (χ0n) is 13.8. The molecule has 9 heteroatoms. The number of nitrogens with zero attached hydrogens (tertiary/aromatic N) is 3. The largest absolute Gasteiger partial charge is 0.417 e. The lowest BCUT2D eigenvalue weighted by atomic mass is 10.0. The fourth-order valence-electron chi connectivity index (χ4n) is 2.36. The van der Waals surface area contributed by atoms with Crippen LogP contribution in [0.1, 0.15) is 38.8 Å². The number of amides is 1. The normalized spacial score (nSPS) is 14.4. The molecule has 2 aromatic rings. The molecule has 1 amide bonds. The maximum atomic E-state index is 12.7. The molecule has 0 aliphatic carbocycles. The quantitative estimate of drug-likeness (QED) is 0.882. The number of carbonyl (C=O) groups excluding carboxylic acids is 1. The standard InChI is InChI=1S/C16H17F3N4O2/c1-9(2)23-12-6-10(8-20)4-5-11(12)21-14(23)22-13(24)7-15(3,25)16(17,18)19/h4-6,9,25H,7H2,1-3H3,(H,21,22,24). The van der Waals surface area contributed by atoms with Crippen molar-refractivity contribution in [3.63, 3.8) is 0 Å². The fraction of sp³-hybridized carbons (Fsp3) is 0.438. The topological polar surface area (TPSA) is 90.9 Å². The first-order chi connectivity index (χ1) is 11.5. The van der Waals surface area contributed by atoms with Crippen molar-refractivity contribution in [1.29, 1.82) is 5.26 Å². The molecule has 0 saturated heterocycles. The molecule has 0 spiro atoms. The van der Waals surface area contributed by atoms with Gasteiger partial charge in [0.1, 0.15) is 0 Å². The molecule has 25 heavy (non-hydrogen) atoms. The molecule has 1 heterocycles. The van der Waals surface area contributed by atoms with Gasteiger partial charge in [-0.05, 0) is 39.0 Å². The van der Waals surface area contributed by atoms with Crippen LogP contribution < -0.4 is 5.32 Å². The molecule has 2 N–H and O–H groups in total. The maximum Gasteiger partial charge on any atom is 0.417 e. The van der Waals surface area contributed by atoms with Crippen molar-refractivity contribution in [1.82, 2.24) is 9.55 Å². The van der Waals surface area contributed by atoms with Crippen LogP contribution in [-0.2, 0) is 4.79 Å². The van der Waals surface area contributed by atoms with E-state index in [0.29, 0.717) is 23.5 Å². The summed E-state index contributed by atoms with van der Waals surface area (Å²) in [6.45, 7) is 4.15. The summed E-state index contributed by atoms with van der Waals surface area (Å²) < 4.78 is 39.7. The number of imidazole rings is 1. The summed E-state index contributed by atoms with van der Waals surface area (Å²) in [6, 6.07) is 6.56. The summed E-state index contributed by atoms with van der Waals surface area (Å²) in [5, 5.41) is 20.8. The lowest BCUT2D eigenvalue weighted by molar-refractivity contribution is -0.252. The highest BCUT2D eigenvalue weighted by Crippen LogP contribution is 2.33. The lowest BCUT2D eigenvalue weighted by Gasteiger charge is -2.25. The van der Waals surface area contributed by atoms with Crippen molar-refractivity contribution < 1.29 is 23.1 Å². The second-order valence-corrected chi connectivity index (χ2v) is 6.21. The van der Waals surface area contributed by atoms with Crippen LogP contribution in [0.2, 0.25) is 0 Å². The Labute approximate surface area is 141 Å². The van der Waals surface area contributed by atoms with Gasteiger partial charge < -0.3 is 9.67 Å². The van der Waals surface area contributed by atoms with Gasteiger partial charge in [0.15, 0.2) is 5.60 Å². The van der Waals surface area contributed by atoms with Gasteiger partial charge in [-0.2, -0.15) is 18.4 Å². The number of nitrogens with one attached hydrogen (secondary N) is 1. The summed E-state index contributed by atoms with van der Waals surface area (Å²) in [7, 11) is 0. The first kappa shape index (κ1) is 18.7. The number of anilines is 1. The molecule has 0 aliphatic rings. The Morgan fingerprint density at radius 3 is 2.60 bits per heavy atom. The van der Waals surface area contributed by atoms with Gasteiger partial charge in [-0.25, -0.2) is 4.98 Å². The number of halogens is 3. The number of hydrogen-bond donors (Lipinski definition) is 2. The zero-order chi connectivity index (χ0) is 19.0. The number of hydrogen-bond acceptors (Lipinski definition) is 4. The molecular formula is C16H17F3N4O2. The van der Waals surface area contributed by atoms with Crippen molar-refractivity contribution >= 4 is 22.9 Å². The Kier molecular flexibility index (Phi) is 4.77. The van der Waals surface area contributed by atoms with E-state index in [0.717, 1.165) is 0 Å². The number of alkyl halides is 3. The average molecular weight is 354 g/mol. The van der Waals surface area contributed by atoms with Gasteiger partial charge >= 0.3 is 6.18 Å². The van der Waals surface area contributed by atoms with Crippen molar-refractivity contribution in [2.75, 3.05) is 5.32 Å². The second-order valence-electron chi connectivity index (χ2n) is 6.21. The zero-order valence-corrected chi connectivity index (χ0v) is 13.8. The predicted octanol–water partition coefficient (Wildman–Crippen LogP) is 3.13. The summed E-state index contributed by atoms with van der Waals surface area (Å²) in [5.74, 6) is -0.955. The number of benzene rings is 1. The van der Waals surface area contributed by atoms with Crippen molar-refractivity contribution in [3.05, 3.63) is 23.8 Å². The summed E-state index contributed by atoms with van der Waals surface area (Å²) in [6.07, 6.45) is -6.08. The summed E-state index contributed by atoms with van der Waals surface area (Å²) in [5.41, 5.74) is -1.68. The molecule has 0 saturated carbocycles. The Balaban J connectivity index is 2.37. The highest BCUT2D eigenvalue weighted by Gasteiger charge is 2.51. The molecule has 1 unspecified atom stereocenters. The lowest BCUT2D eigenvalue weighted by Crippen LogP contribution is -2.45. The number of rotatable bonds is 4. The Morgan fingerprint density at radius 1 is 1.44 bits per heavy atom. The van der Waals surface area contributed by atoms with E-state index in [1.54, 1.807) is 22.8 Å². The summed E-state index contributed by atoms with van der Waals surface area (Å²) >= 11 is 0. The molecule has 0 bridgehead atoms. The first-order valence-corrected chi connectivity index (χ1v) is 7.47. The third-order valence-electron chi connectivity index (χ3n) is 3.70. The molecule has 0 aliphatic heterocycles. The molecule has 1 aromatic heterocycles. The number of aliphatic hydroxyl groups is 1. The van der Waals surface area contributed by atoms with Gasteiger partial charge in [-0.15, -0.1) is 0 Å². The van der Waals surface area contributed by atoms with Gasteiger partial charge in [0, 0.05) is 6.04 Å². The third kappa shape index (κ3) is 3.74. The smallest absolute Gasteiger partial charge is 0.380 e. The van der Waals surface area contributed by atoms with E-state index in [-0.39, 0.29) is 12.0 Å². The highest BCUT2D eigenvalue weighted by atomic mass is 19.4. The molecular weight excluding hydrogens is 337 g/mol. The number of aromatic nitrogens is 2. The van der Waals surface area contributed by atoms with E-state index < -0.39 is 24.1 Å². The summed E-state index contributed by atoms with van der Waals surface area (Å²) in [4.78, 5) is 16.2. The van der Waals surface area contributed by atoms with Gasteiger partial charge in [0.2, 0.25) is 11.9 Å². The van der Waals surface area contributed by atoms with E-state index in [9.17, 15) is 23.1 Å². The number of nitriles is 1. The third-order valence-corrected chi connectivity index (χ3v) is 3.70. The minimum atomic E-state index is -4.93. The van der Waals surface area contributed by atoms with E-state index in [1.165, 1.54) is 0 Å². The van der Waals surface area contributed by atoms with Crippen LogP contribution >= 0.6 is 0 Å². The highest BCUT2D eigenvalue weighted by molar-refractivity contribution is 5.92. The number of carbonyl (C=O) groups is 1. The fourth-order valence-corrected chi connectivity index (χ4v) is 2.36. The minimum Gasteiger partial charge on any atom is -0.380 e. The minimum absolute atomic E-state index is 0.0584. The number of fused-ring (bicyclic) bond motifs is 1. The van der Waals surface area contributed by atoms with Gasteiger partial charge in [-0.3, -0.25) is 10.1 Å². The monoisotopic (exact) mass is 354 g/mol. The Hall–Kier alpha value is -2.60. The second kappa shape index (κ2) is 6.37. The van der Waals surface area contributed by atoms with Crippen LogP contribution in [-0.4, -0.2) is 32.3 Å². The molecule has 134 valence electrons. The van der Waals surface area contributed by atoms with E-state index in [4.69, 9.17) is 5.26 Å². The molecule has 1 aromatic carbocycles. The van der Waals surface area contributed by atoms with Crippen LogP contribution in [0, 0.1) is 11.3 Å². The van der Waals surface area contributed by atoms with E-state index in [1.807, 2.05) is 19.9 Å². The van der Waals surface area contributed by atoms with Crippen LogP contribution in [0.3, 0.4) is 0 Å². The Morgan fingerprint density at radius 2 is 2.08 bits per heavy atom. The van der Waals surface area contributed by atoms with Crippen molar-refractivity contribution in [2.45, 2.75) is 45.0 Å². The predicted molar refractivity (Wildman–Crippen MR) is 84.8 cm³/mol. The molecule has 1 atom stereocenters. The SMILES string of the molecule is CC(C)n1c(NC(=O)CC(C)(O)C(F)(F)F)nc2ccc(C#N)cc21. The molecule has 6 nitrogen and oxygen atoms in total. The molecule has 0 fully saturated rings. The Bertz CT molecular complexity index is 847. The van der Waals surface area contributed by atoms with E-state index in [2.05, 4.69) is 10.3 Å². The van der Waals surface area contributed by atoms with Gasteiger partial charge in [0.05, 0.1) is 29.1 Å². The van der Waals surface area contributed by atoms with Crippen molar-refractivity contribution in [3.8, 4) is 6.07 Å². The maximum absolute atomic E-state index is 12.7. The van der Waals surface area contributed by atoms with Crippen LogP contribution in [0.5, 0.6) is 0 Å². The van der Waals surface area contributed by atoms with Crippen LogP contribution in [0.4, 0.5) is 19.1 Å². The van der Waals surface area contributed by atoms with Crippen LogP contribution in [0.15, 0.2) is 18.2 Å². The average Bonchev–Trinajstić information content (AvgIpc) is 2.81.